The lowest BCUT2D eigenvalue weighted by molar-refractivity contribution is -0.155. The van der Waals surface area contributed by atoms with Crippen molar-refractivity contribution < 1.29 is 19.1 Å². The Kier molecular flexibility index (Phi) is 4.42. The zero-order valence-electron chi connectivity index (χ0n) is 15.9. The Hall–Kier alpha value is -2.44. The van der Waals surface area contributed by atoms with Gasteiger partial charge in [0.1, 0.15) is 11.5 Å². The second-order valence-electron chi connectivity index (χ2n) is 7.72. The van der Waals surface area contributed by atoms with Crippen LogP contribution in [0.4, 0.5) is 0 Å². The summed E-state index contributed by atoms with van der Waals surface area (Å²) in [5.74, 6) is -0.654. The Morgan fingerprint density at radius 3 is 2.20 bits per heavy atom. The predicted octanol–water partition coefficient (Wildman–Crippen LogP) is 5.78. The smallest absolute Gasteiger partial charge is 0.330 e. The van der Waals surface area contributed by atoms with Crippen molar-refractivity contribution in [2.24, 2.45) is 5.41 Å². The van der Waals surface area contributed by atoms with Crippen molar-refractivity contribution in [3.63, 3.8) is 0 Å². The third-order valence-corrected chi connectivity index (χ3v) is 7.35. The van der Waals surface area contributed by atoms with Gasteiger partial charge in [0.25, 0.3) is 0 Å². The van der Waals surface area contributed by atoms with Gasteiger partial charge in [0.15, 0.2) is 5.41 Å². The molecule has 0 saturated heterocycles. The standard InChI is InChI=1S/C24H16Br2O4/c1-23(14-6-8-15(25)9-7-14)20-18-4-2-3-5-19(18)30-22(28)24(20,23)21(27)29-17-12-10-16(26)11-13-17/h2-13,20H,1H3. The van der Waals surface area contributed by atoms with Crippen LogP contribution in [-0.4, -0.2) is 11.9 Å². The van der Waals surface area contributed by atoms with Crippen molar-refractivity contribution in [1.82, 2.24) is 0 Å². The molecule has 0 radical (unpaired) electrons. The maximum atomic E-state index is 13.5. The molecule has 3 unspecified atom stereocenters. The van der Waals surface area contributed by atoms with E-state index in [1.54, 1.807) is 30.3 Å². The Balaban J connectivity index is 1.64. The van der Waals surface area contributed by atoms with Crippen molar-refractivity contribution >= 4 is 43.8 Å². The van der Waals surface area contributed by atoms with Gasteiger partial charge in [-0.05, 0) is 48.0 Å². The molecule has 0 N–H and O–H groups in total. The summed E-state index contributed by atoms with van der Waals surface area (Å²) in [6, 6.07) is 22.0. The van der Waals surface area contributed by atoms with Crippen molar-refractivity contribution in [3.05, 3.63) is 92.9 Å². The number of benzene rings is 3. The van der Waals surface area contributed by atoms with E-state index in [1.165, 1.54) is 0 Å². The highest BCUT2D eigenvalue weighted by molar-refractivity contribution is 9.10. The Morgan fingerprint density at radius 2 is 1.53 bits per heavy atom. The number of para-hydroxylation sites is 1. The molecule has 2 aliphatic rings. The molecule has 30 heavy (non-hydrogen) atoms. The first-order valence-corrected chi connectivity index (χ1v) is 11.0. The number of carbonyl (C=O) groups excluding carboxylic acids is 2. The molecule has 3 aromatic rings. The molecule has 1 saturated carbocycles. The van der Waals surface area contributed by atoms with Gasteiger partial charge in [0.05, 0.1) is 0 Å². The minimum atomic E-state index is -1.44. The Bertz CT molecular complexity index is 1170. The number of halogens is 2. The maximum Gasteiger partial charge on any atom is 0.330 e. The molecule has 3 aromatic carbocycles. The molecule has 5 rings (SSSR count). The first-order valence-electron chi connectivity index (χ1n) is 9.44. The fraction of sp³-hybridized carbons (Fsp3) is 0.167. The molecule has 0 aromatic heterocycles. The number of carbonyl (C=O) groups is 2. The third-order valence-electron chi connectivity index (χ3n) is 6.29. The molecule has 0 spiro atoms. The minimum Gasteiger partial charge on any atom is -0.426 e. The van der Waals surface area contributed by atoms with Crippen LogP contribution in [0.15, 0.2) is 81.7 Å². The van der Waals surface area contributed by atoms with Crippen LogP contribution in [-0.2, 0) is 15.0 Å². The molecule has 4 nitrogen and oxygen atoms in total. The Morgan fingerprint density at radius 1 is 0.933 bits per heavy atom. The van der Waals surface area contributed by atoms with Gasteiger partial charge in [-0.25, -0.2) is 0 Å². The highest BCUT2D eigenvalue weighted by Gasteiger charge is 2.86. The summed E-state index contributed by atoms with van der Waals surface area (Å²) in [7, 11) is 0. The first kappa shape index (κ1) is 19.5. The van der Waals surface area contributed by atoms with E-state index in [1.807, 2.05) is 49.4 Å². The van der Waals surface area contributed by atoms with E-state index in [0.29, 0.717) is 11.5 Å². The molecule has 1 heterocycles. The summed E-state index contributed by atoms with van der Waals surface area (Å²) in [6.07, 6.45) is 0. The topological polar surface area (TPSA) is 52.6 Å². The Labute approximate surface area is 190 Å². The van der Waals surface area contributed by atoms with Crippen molar-refractivity contribution in [2.75, 3.05) is 0 Å². The van der Waals surface area contributed by atoms with E-state index in [0.717, 1.165) is 20.1 Å². The van der Waals surface area contributed by atoms with E-state index in [-0.39, 0.29) is 5.92 Å². The molecule has 150 valence electrons. The van der Waals surface area contributed by atoms with Crippen LogP contribution >= 0.6 is 31.9 Å². The van der Waals surface area contributed by atoms with Gasteiger partial charge in [-0.2, -0.15) is 0 Å². The zero-order chi connectivity index (χ0) is 21.1. The van der Waals surface area contributed by atoms with E-state index in [4.69, 9.17) is 9.47 Å². The van der Waals surface area contributed by atoms with Crippen LogP contribution in [0.5, 0.6) is 11.5 Å². The summed E-state index contributed by atoms with van der Waals surface area (Å²) < 4.78 is 13.2. The number of fused-ring (bicyclic) bond motifs is 3. The van der Waals surface area contributed by atoms with E-state index < -0.39 is 22.8 Å². The number of hydrogen-bond acceptors (Lipinski definition) is 4. The molecule has 6 heteroatoms. The summed E-state index contributed by atoms with van der Waals surface area (Å²) in [5.41, 5.74) is -0.501. The van der Waals surface area contributed by atoms with Gasteiger partial charge in [0, 0.05) is 25.8 Å². The zero-order valence-corrected chi connectivity index (χ0v) is 19.1. The summed E-state index contributed by atoms with van der Waals surface area (Å²) in [6.45, 7) is 1.94. The first-order chi connectivity index (χ1) is 14.4. The fourth-order valence-electron chi connectivity index (χ4n) is 4.78. The van der Waals surface area contributed by atoms with Gasteiger partial charge in [-0.1, -0.05) is 69.1 Å². The van der Waals surface area contributed by atoms with Crippen LogP contribution in [0.25, 0.3) is 0 Å². The quantitative estimate of drug-likeness (QED) is 0.246. The number of esters is 2. The predicted molar refractivity (Wildman–Crippen MR) is 119 cm³/mol. The number of ether oxygens (including phenoxy) is 2. The molecule has 0 amide bonds. The molecule has 1 fully saturated rings. The van der Waals surface area contributed by atoms with Gasteiger partial charge >= 0.3 is 11.9 Å². The lowest BCUT2D eigenvalue weighted by Gasteiger charge is -2.22. The summed E-state index contributed by atoms with van der Waals surface area (Å²) >= 11 is 6.82. The van der Waals surface area contributed by atoms with Gasteiger partial charge in [0.2, 0.25) is 0 Å². The van der Waals surface area contributed by atoms with E-state index in [2.05, 4.69) is 31.9 Å². The van der Waals surface area contributed by atoms with Gasteiger partial charge in [-0.15, -0.1) is 0 Å². The number of rotatable bonds is 3. The molecule has 1 aliphatic carbocycles. The maximum absolute atomic E-state index is 13.5. The highest BCUT2D eigenvalue weighted by Crippen LogP contribution is 2.77. The molecular formula is C24H16Br2O4. The average Bonchev–Trinajstić information content (AvgIpc) is 3.34. The van der Waals surface area contributed by atoms with Crippen LogP contribution in [0.3, 0.4) is 0 Å². The SMILES string of the molecule is CC1(c2ccc(Br)cc2)C2c3ccccc3OC(=O)C21C(=O)Oc1ccc(Br)cc1. The molecule has 0 bridgehead atoms. The van der Waals surface area contributed by atoms with Crippen LogP contribution in [0.1, 0.15) is 24.0 Å². The minimum absolute atomic E-state index is 0.369. The fourth-order valence-corrected chi connectivity index (χ4v) is 5.31. The van der Waals surface area contributed by atoms with Crippen molar-refractivity contribution in [3.8, 4) is 11.5 Å². The van der Waals surface area contributed by atoms with Gasteiger partial charge in [-0.3, -0.25) is 9.59 Å². The average molecular weight is 528 g/mol. The van der Waals surface area contributed by atoms with Crippen molar-refractivity contribution in [2.45, 2.75) is 18.3 Å². The van der Waals surface area contributed by atoms with Crippen LogP contribution < -0.4 is 9.47 Å². The van der Waals surface area contributed by atoms with Crippen LogP contribution in [0, 0.1) is 5.41 Å². The molecule has 3 atom stereocenters. The van der Waals surface area contributed by atoms with E-state index >= 15 is 0 Å². The van der Waals surface area contributed by atoms with Crippen molar-refractivity contribution in [1.29, 1.82) is 0 Å². The highest BCUT2D eigenvalue weighted by atomic mass is 79.9. The second-order valence-corrected chi connectivity index (χ2v) is 9.55. The summed E-state index contributed by atoms with van der Waals surface area (Å²) in [4.78, 5) is 26.9. The number of hydrogen-bond donors (Lipinski definition) is 0. The normalized spacial score (nSPS) is 26.2. The van der Waals surface area contributed by atoms with Crippen LogP contribution in [0.2, 0.25) is 0 Å². The van der Waals surface area contributed by atoms with Gasteiger partial charge < -0.3 is 9.47 Å². The monoisotopic (exact) mass is 526 g/mol. The molecular weight excluding hydrogens is 512 g/mol. The molecule has 1 aliphatic heterocycles. The van der Waals surface area contributed by atoms with E-state index in [9.17, 15) is 9.59 Å². The lowest BCUT2D eigenvalue weighted by atomic mass is 9.87. The largest absolute Gasteiger partial charge is 0.426 e. The summed E-state index contributed by atoms with van der Waals surface area (Å²) in [5, 5.41) is 0. The lowest BCUT2D eigenvalue weighted by Crippen LogP contribution is -2.40. The third kappa shape index (κ3) is 2.56. The second kappa shape index (κ2) is 6.79.